The van der Waals surface area contributed by atoms with Gasteiger partial charge in [0, 0.05) is 19.2 Å². The Hall–Kier alpha value is -1.78. The summed E-state index contributed by atoms with van der Waals surface area (Å²) < 4.78 is 2.22. The van der Waals surface area contributed by atoms with E-state index < -0.39 is 0 Å². The fraction of sp³-hybridized carbons (Fsp3) is 0.400. The standard InChI is InChI=1S/C10H13N5/c11-10-12-5-7(14-10)8-6-15-4-2-1-3-9(15)13-8/h5-6H,1-4H2,(H3,11,12,14). The van der Waals surface area contributed by atoms with E-state index in [1.165, 1.54) is 18.7 Å². The number of imidazole rings is 2. The van der Waals surface area contributed by atoms with Crippen molar-refractivity contribution in [3.63, 3.8) is 0 Å². The van der Waals surface area contributed by atoms with Crippen molar-refractivity contribution in [1.29, 1.82) is 0 Å². The highest BCUT2D eigenvalue weighted by atomic mass is 15.1. The highest BCUT2D eigenvalue weighted by Crippen LogP contribution is 2.21. The lowest BCUT2D eigenvalue weighted by molar-refractivity contribution is 0.522. The molecule has 3 rings (SSSR count). The van der Waals surface area contributed by atoms with Gasteiger partial charge in [-0.2, -0.15) is 0 Å². The van der Waals surface area contributed by atoms with Crippen molar-refractivity contribution in [2.75, 3.05) is 5.73 Å². The molecule has 0 saturated heterocycles. The lowest BCUT2D eigenvalue weighted by atomic mass is 10.2. The molecule has 1 aliphatic heterocycles. The van der Waals surface area contributed by atoms with Crippen LogP contribution in [0.15, 0.2) is 12.4 Å². The van der Waals surface area contributed by atoms with E-state index in [2.05, 4.69) is 25.7 Å². The summed E-state index contributed by atoms with van der Waals surface area (Å²) in [6.45, 7) is 1.08. The van der Waals surface area contributed by atoms with Gasteiger partial charge in [0.15, 0.2) is 5.95 Å². The van der Waals surface area contributed by atoms with Crippen molar-refractivity contribution in [3.05, 3.63) is 18.2 Å². The number of fused-ring (bicyclic) bond motifs is 1. The maximum Gasteiger partial charge on any atom is 0.197 e. The molecule has 1 aliphatic rings. The maximum absolute atomic E-state index is 5.54. The van der Waals surface area contributed by atoms with Crippen LogP contribution in [0.5, 0.6) is 0 Å². The molecule has 0 atom stereocenters. The summed E-state index contributed by atoms with van der Waals surface area (Å²) in [5.74, 6) is 1.61. The number of aromatic amines is 1. The largest absolute Gasteiger partial charge is 0.369 e. The van der Waals surface area contributed by atoms with E-state index in [0.717, 1.165) is 24.4 Å². The summed E-state index contributed by atoms with van der Waals surface area (Å²) >= 11 is 0. The van der Waals surface area contributed by atoms with Gasteiger partial charge in [0.2, 0.25) is 0 Å². The van der Waals surface area contributed by atoms with Crippen molar-refractivity contribution in [1.82, 2.24) is 19.5 Å². The quantitative estimate of drug-likeness (QED) is 0.731. The first-order chi connectivity index (χ1) is 7.33. The number of nitrogen functional groups attached to an aromatic ring is 1. The third kappa shape index (κ3) is 1.40. The van der Waals surface area contributed by atoms with Crippen LogP contribution in [0.2, 0.25) is 0 Å². The van der Waals surface area contributed by atoms with E-state index >= 15 is 0 Å². The fourth-order valence-electron chi connectivity index (χ4n) is 2.01. The third-order valence-electron chi connectivity index (χ3n) is 2.78. The molecular formula is C10H13N5. The normalized spacial score (nSPS) is 15.2. The summed E-state index contributed by atoms with van der Waals surface area (Å²) in [4.78, 5) is 11.5. The number of anilines is 1. The van der Waals surface area contributed by atoms with Gasteiger partial charge < -0.3 is 15.3 Å². The zero-order valence-electron chi connectivity index (χ0n) is 8.40. The molecule has 15 heavy (non-hydrogen) atoms. The molecule has 78 valence electrons. The van der Waals surface area contributed by atoms with Crippen LogP contribution in [-0.4, -0.2) is 19.5 Å². The second kappa shape index (κ2) is 3.12. The van der Waals surface area contributed by atoms with Crippen LogP contribution in [0.25, 0.3) is 11.4 Å². The van der Waals surface area contributed by atoms with Gasteiger partial charge in [-0.3, -0.25) is 0 Å². The van der Waals surface area contributed by atoms with Crippen LogP contribution < -0.4 is 5.73 Å². The Morgan fingerprint density at radius 3 is 3.07 bits per heavy atom. The van der Waals surface area contributed by atoms with E-state index in [4.69, 9.17) is 5.73 Å². The Morgan fingerprint density at radius 1 is 1.40 bits per heavy atom. The van der Waals surface area contributed by atoms with Gasteiger partial charge in [-0.15, -0.1) is 0 Å². The Bertz CT molecular complexity index is 458. The van der Waals surface area contributed by atoms with Gasteiger partial charge in [-0.05, 0) is 12.8 Å². The zero-order valence-corrected chi connectivity index (χ0v) is 8.40. The van der Waals surface area contributed by atoms with Crippen LogP contribution in [0.3, 0.4) is 0 Å². The number of nitrogens with zero attached hydrogens (tertiary/aromatic N) is 3. The smallest absolute Gasteiger partial charge is 0.197 e. The number of H-pyrrole nitrogens is 1. The average Bonchev–Trinajstić information content (AvgIpc) is 2.82. The maximum atomic E-state index is 5.54. The van der Waals surface area contributed by atoms with Crippen LogP contribution in [0.1, 0.15) is 18.7 Å². The van der Waals surface area contributed by atoms with Crippen molar-refractivity contribution in [2.24, 2.45) is 0 Å². The zero-order chi connectivity index (χ0) is 10.3. The van der Waals surface area contributed by atoms with Gasteiger partial charge in [-0.25, -0.2) is 9.97 Å². The predicted octanol–water partition coefficient (Wildman–Crippen LogP) is 1.19. The van der Waals surface area contributed by atoms with Crippen LogP contribution in [0, 0.1) is 0 Å². The minimum atomic E-state index is 0.441. The SMILES string of the molecule is Nc1ncc(-c2cn3c(n2)CCCC3)[nH]1. The minimum absolute atomic E-state index is 0.441. The summed E-state index contributed by atoms with van der Waals surface area (Å²) in [5.41, 5.74) is 7.38. The highest BCUT2D eigenvalue weighted by Gasteiger charge is 2.13. The molecule has 0 unspecified atom stereocenters. The number of hydrogen-bond donors (Lipinski definition) is 2. The van der Waals surface area contributed by atoms with E-state index in [9.17, 15) is 0 Å². The van der Waals surface area contributed by atoms with Gasteiger partial charge >= 0.3 is 0 Å². The summed E-state index contributed by atoms with van der Waals surface area (Å²) in [6.07, 6.45) is 7.35. The first-order valence-corrected chi connectivity index (χ1v) is 5.20. The molecule has 5 heteroatoms. The van der Waals surface area contributed by atoms with E-state index in [-0.39, 0.29) is 0 Å². The Balaban J connectivity index is 2.02. The predicted molar refractivity (Wildman–Crippen MR) is 57.2 cm³/mol. The second-order valence-electron chi connectivity index (χ2n) is 3.87. The molecular weight excluding hydrogens is 190 g/mol. The number of aryl methyl sites for hydroxylation is 2. The number of rotatable bonds is 1. The van der Waals surface area contributed by atoms with Crippen molar-refractivity contribution in [3.8, 4) is 11.4 Å². The molecule has 3 heterocycles. The van der Waals surface area contributed by atoms with E-state index in [1.54, 1.807) is 6.20 Å². The van der Waals surface area contributed by atoms with E-state index in [1.807, 2.05) is 0 Å². The lowest BCUT2D eigenvalue weighted by Gasteiger charge is -2.11. The van der Waals surface area contributed by atoms with Gasteiger partial charge in [0.05, 0.1) is 11.9 Å². The van der Waals surface area contributed by atoms with Crippen LogP contribution >= 0.6 is 0 Å². The lowest BCUT2D eigenvalue weighted by Crippen LogP contribution is -2.08. The molecule has 0 saturated carbocycles. The monoisotopic (exact) mass is 203 g/mol. The number of nitrogens with two attached hydrogens (primary N) is 1. The van der Waals surface area contributed by atoms with Crippen molar-refractivity contribution in [2.45, 2.75) is 25.8 Å². The molecule has 0 aromatic carbocycles. The Labute approximate surface area is 87.3 Å². The first kappa shape index (κ1) is 8.52. The second-order valence-corrected chi connectivity index (χ2v) is 3.87. The molecule has 0 amide bonds. The third-order valence-corrected chi connectivity index (χ3v) is 2.78. The van der Waals surface area contributed by atoms with Gasteiger partial charge in [0.1, 0.15) is 11.5 Å². The van der Waals surface area contributed by atoms with Crippen LogP contribution in [-0.2, 0) is 13.0 Å². The Morgan fingerprint density at radius 2 is 2.33 bits per heavy atom. The van der Waals surface area contributed by atoms with Crippen molar-refractivity contribution < 1.29 is 0 Å². The fourth-order valence-corrected chi connectivity index (χ4v) is 2.01. The number of nitrogens with one attached hydrogen (secondary N) is 1. The number of hydrogen-bond acceptors (Lipinski definition) is 3. The molecule has 0 bridgehead atoms. The molecule has 5 nitrogen and oxygen atoms in total. The molecule has 2 aromatic rings. The van der Waals surface area contributed by atoms with Crippen molar-refractivity contribution >= 4 is 5.95 Å². The molecule has 0 radical (unpaired) electrons. The molecule has 2 aromatic heterocycles. The topological polar surface area (TPSA) is 72.5 Å². The summed E-state index contributed by atoms with van der Waals surface area (Å²) in [7, 11) is 0. The average molecular weight is 203 g/mol. The molecule has 0 aliphatic carbocycles. The first-order valence-electron chi connectivity index (χ1n) is 5.20. The summed E-state index contributed by atoms with van der Waals surface area (Å²) in [6, 6.07) is 0. The highest BCUT2D eigenvalue weighted by molar-refractivity contribution is 5.54. The van der Waals surface area contributed by atoms with Gasteiger partial charge in [-0.1, -0.05) is 0 Å². The molecule has 0 fully saturated rings. The minimum Gasteiger partial charge on any atom is -0.369 e. The molecule has 0 spiro atoms. The van der Waals surface area contributed by atoms with Crippen LogP contribution in [0.4, 0.5) is 5.95 Å². The number of aromatic nitrogens is 4. The summed E-state index contributed by atoms with van der Waals surface area (Å²) in [5, 5.41) is 0. The Kier molecular flexibility index (Phi) is 1.77. The van der Waals surface area contributed by atoms with E-state index in [0.29, 0.717) is 5.95 Å². The molecule has 3 N–H and O–H groups in total. The van der Waals surface area contributed by atoms with Gasteiger partial charge in [0.25, 0.3) is 0 Å².